The number of hydrazine groups is 1. The number of ether oxygens (including phenoxy) is 1. The summed E-state index contributed by atoms with van der Waals surface area (Å²) in [6, 6.07) is 16.7. The monoisotopic (exact) mass is 352 g/mol. The topological polar surface area (TPSA) is 67.4 Å². The van der Waals surface area contributed by atoms with Gasteiger partial charge in [0, 0.05) is 12.0 Å². The second kappa shape index (κ2) is 9.04. The molecule has 2 aromatic rings. The molecule has 0 atom stereocenters. The molecule has 2 amide bonds. The number of benzene rings is 2. The lowest BCUT2D eigenvalue weighted by atomic mass is 10.0. The highest BCUT2D eigenvalue weighted by atomic mass is 16.5. The predicted molar refractivity (Wildman–Crippen MR) is 99.4 cm³/mol. The van der Waals surface area contributed by atoms with Crippen molar-refractivity contribution in [2.45, 2.75) is 38.7 Å². The molecule has 0 bridgehead atoms. The molecule has 1 aliphatic rings. The van der Waals surface area contributed by atoms with Crippen LogP contribution in [0.5, 0.6) is 5.75 Å². The molecule has 1 saturated carbocycles. The van der Waals surface area contributed by atoms with Gasteiger partial charge in [-0.05, 0) is 48.6 Å². The maximum atomic E-state index is 12.1. The Bertz CT molecular complexity index is 723. The summed E-state index contributed by atoms with van der Waals surface area (Å²) in [5.41, 5.74) is 6.52. The van der Waals surface area contributed by atoms with E-state index in [1.54, 1.807) is 24.3 Å². The van der Waals surface area contributed by atoms with Crippen molar-refractivity contribution in [3.05, 3.63) is 65.7 Å². The lowest BCUT2D eigenvalue weighted by Gasteiger charge is -2.11. The second-order valence-corrected chi connectivity index (χ2v) is 6.66. The van der Waals surface area contributed by atoms with Gasteiger partial charge in [-0.1, -0.05) is 43.2 Å². The van der Waals surface area contributed by atoms with Crippen molar-refractivity contribution in [3.8, 4) is 5.75 Å². The Labute approximate surface area is 153 Å². The molecule has 5 nitrogen and oxygen atoms in total. The zero-order valence-electron chi connectivity index (χ0n) is 14.7. The van der Waals surface area contributed by atoms with E-state index >= 15 is 0 Å². The summed E-state index contributed by atoms with van der Waals surface area (Å²) in [5, 5.41) is 0. The number of amides is 2. The van der Waals surface area contributed by atoms with E-state index in [-0.39, 0.29) is 11.8 Å². The smallest absolute Gasteiger partial charge is 0.269 e. The standard InChI is InChI=1S/C21H24N2O3/c24-20(14-16-6-4-5-7-16)22-23-21(25)18-10-12-19(13-11-18)26-15-17-8-2-1-3-9-17/h1-3,8-13,16H,4-7,14-15H2,(H,22,24)(H,23,25). The van der Waals surface area contributed by atoms with Gasteiger partial charge in [0.1, 0.15) is 12.4 Å². The number of hydrogen-bond donors (Lipinski definition) is 2. The van der Waals surface area contributed by atoms with Crippen LogP contribution in [0.4, 0.5) is 0 Å². The molecule has 0 spiro atoms. The summed E-state index contributed by atoms with van der Waals surface area (Å²) < 4.78 is 5.70. The highest BCUT2D eigenvalue weighted by Crippen LogP contribution is 2.27. The van der Waals surface area contributed by atoms with E-state index in [9.17, 15) is 9.59 Å². The Morgan fingerprint density at radius 1 is 0.923 bits per heavy atom. The Kier molecular flexibility index (Phi) is 6.25. The summed E-state index contributed by atoms with van der Waals surface area (Å²) in [7, 11) is 0. The first-order valence-corrected chi connectivity index (χ1v) is 9.06. The Morgan fingerprint density at radius 3 is 2.31 bits per heavy atom. The first-order chi connectivity index (χ1) is 12.7. The maximum absolute atomic E-state index is 12.1. The van der Waals surface area contributed by atoms with Gasteiger partial charge in [-0.15, -0.1) is 0 Å². The third-order valence-corrected chi connectivity index (χ3v) is 4.63. The maximum Gasteiger partial charge on any atom is 0.269 e. The number of rotatable bonds is 6. The van der Waals surface area contributed by atoms with E-state index in [4.69, 9.17) is 4.74 Å². The fourth-order valence-electron chi connectivity index (χ4n) is 3.17. The van der Waals surface area contributed by atoms with Crippen LogP contribution in [0.25, 0.3) is 0 Å². The van der Waals surface area contributed by atoms with Crippen LogP contribution in [0.15, 0.2) is 54.6 Å². The van der Waals surface area contributed by atoms with Crippen LogP contribution < -0.4 is 15.6 Å². The molecule has 1 fully saturated rings. The molecule has 136 valence electrons. The van der Waals surface area contributed by atoms with Crippen molar-refractivity contribution in [1.29, 1.82) is 0 Å². The second-order valence-electron chi connectivity index (χ2n) is 6.66. The predicted octanol–water partition coefficient (Wildman–Crippen LogP) is 3.61. The van der Waals surface area contributed by atoms with Crippen LogP contribution in [0.2, 0.25) is 0 Å². The first kappa shape index (κ1) is 18.0. The van der Waals surface area contributed by atoms with Crippen LogP contribution >= 0.6 is 0 Å². The van der Waals surface area contributed by atoms with Gasteiger partial charge < -0.3 is 4.74 Å². The Hall–Kier alpha value is -2.82. The SMILES string of the molecule is O=C(CC1CCCC1)NNC(=O)c1ccc(OCc2ccccc2)cc1. The van der Waals surface area contributed by atoms with Crippen molar-refractivity contribution in [2.24, 2.45) is 5.92 Å². The van der Waals surface area contributed by atoms with Gasteiger partial charge >= 0.3 is 0 Å². The molecule has 1 aliphatic carbocycles. The molecule has 0 heterocycles. The zero-order valence-corrected chi connectivity index (χ0v) is 14.7. The van der Waals surface area contributed by atoms with Crippen molar-refractivity contribution in [3.63, 3.8) is 0 Å². The molecular weight excluding hydrogens is 328 g/mol. The van der Waals surface area contributed by atoms with Gasteiger partial charge in [-0.2, -0.15) is 0 Å². The quantitative estimate of drug-likeness (QED) is 0.781. The van der Waals surface area contributed by atoms with Crippen molar-refractivity contribution in [2.75, 3.05) is 0 Å². The van der Waals surface area contributed by atoms with Crippen LogP contribution in [0.3, 0.4) is 0 Å². The van der Waals surface area contributed by atoms with E-state index in [1.807, 2.05) is 30.3 Å². The minimum atomic E-state index is -0.334. The number of carbonyl (C=O) groups is 2. The van der Waals surface area contributed by atoms with Gasteiger partial charge in [0.15, 0.2) is 0 Å². The zero-order chi connectivity index (χ0) is 18.2. The number of nitrogens with one attached hydrogen (secondary N) is 2. The van der Waals surface area contributed by atoms with E-state index in [0.29, 0.717) is 30.3 Å². The van der Waals surface area contributed by atoms with E-state index in [2.05, 4.69) is 10.9 Å². The number of hydrogen-bond acceptors (Lipinski definition) is 3. The van der Waals surface area contributed by atoms with E-state index in [1.165, 1.54) is 12.8 Å². The van der Waals surface area contributed by atoms with E-state index < -0.39 is 0 Å². The molecule has 5 heteroatoms. The van der Waals surface area contributed by atoms with Crippen molar-refractivity contribution in [1.82, 2.24) is 10.9 Å². The van der Waals surface area contributed by atoms with Gasteiger partial charge in [0.2, 0.25) is 5.91 Å². The summed E-state index contributed by atoms with van der Waals surface area (Å²) in [4.78, 5) is 24.0. The summed E-state index contributed by atoms with van der Waals surface area (Å²) in [6.45, 7) is 0.476. The average Bonchev–Trinajstić information content (AvgIpc) is 3.18. The van der Waals surface area contributed by atoms with Gasteiger partial charge in [-0.25, -0.2) is 0 Å². The molecular formula is C21H24N2O3. The fourth-order valence-corrected chi connectivity index (χ4v) is 3.17. The van der Waals surface area contributed by atoms with Crippen LogP contribution in [0, 0.1) is 5.92 Å². The van der Waals surface area contributed by atoms with Crippen LogP contribution in [-0.4, -0.2) is 11.8 Å². The van der Waals surface area contributed by atoms with Crippen LogP contribution in [0.1, 0.15) is 48.0 Å². The fraction of sp³-hybridized carbons (Fsp3) is 0.333. The highest BCUT2D eigenvalue weighted by Gasteiger charge is 2.18. The molecule has 3 rings (SSSR count). The third-order valence-electron chi connectivity index (χ3n) is 4.63. The summed E-state index contributed by atoms with van der Waals surface area (Å²) in [6.07, 6.45) is 5.08. The molecule has 0 radical (unpaired) electrons. The normalized spacial score (nSPS) is 14.0. The Balaban J connectivity index is 1.43. The van der Waals surface area contributed by atoms with Crippen molar-refractivity contribution >= 4 is 11.8 Å². The molecule has 2 N–H and O–H groups in total. The molecule has 0 saturated heterocycles. The third kappa shape index (κ3) is 5.34. The molecule has 0 aromatic heterocycles. The van der Waals surface area contributed by atoms with Gasteiger partial charge in [0.25, 0.3) is 5.91 Å². The first-order valence-electron chi connectivity index (χ1n) is 9.06. The van der Waals surface area contributed by atoms with Crippen LogP contribution in [-0.2, 0) is 11.4 Å². The summed E-state index contributed by atoms with van der Waals surface area (Å²) >= 11 is 0. The average molecular weight is 352 g/mol. The molecule has 2 aromatic carbocycles. The molecule has 0 unspecified atom stereocenters. The van der Waals surface area contributed by atoms with E-state index in [0.717, 1.165) is 18.4 Å². The lowest BCUT2D eigenvalue weighted by Crippen LogP contribution is -2.42. The minimum absolute atomic E-state index is 0.131. The van der Waals surface area contributed by atoms with Gasteiger partial charge in [-0.3, -0.25) is 20.4 Å². The molecule has 0 aliphatic heterocycles. The summed E-state index contributed by atoms with van der Waals surface area (Å²) in [5.74, 6) is 0.677. The minimum Gasteiger partial charge on any atom is -0.489 e. The number of carbonyl (C=O) groups excluding carboxylic acids is 2. The van der Waals surface area contributed by atoms with Gasteiger partial charge in [0.05, 0.1) is 0 Å². The molecule has 26 heavy (non-hydrogen) atoms. The lowest BCUT2D eigenvalue weighted by molar-refractivity contribution is -0.122. The Morgan fingerprint density at radius 2 is 1.62 bits per heavy atom. The highest BCUT2D eigenvalue weighted by molar-refractivity contribution is 5.95. The van der Waals surface area contributed by atoms with Crippen molar-refractivity contribution < 1.29 is 14.3 Å². The largest absolute Gasteiger partial charge is 0.489 e.